The Morgan fingerprint density at radius 1 is 1.46 bits per heavy atom. The van der Waals surface area contributed by atoms with Gasteiger partial charge in [-0.1, -0.05) is 36.4 Å². The van der Waals surface area contributed by atoms with E-state index in [1.165, 1.54) is 18.7 Å². The second-order valence-electron chi connectivity index (χ2n) is 4.50. The van der Waals surface area contributed by atoms with E-state index in [4.69, 9.17) is 22.1 Å². The van der Waals surface area contributed by atoms with Crippen molar-refractivity contribution in [1.82, 2.24) is 0 Å². The predicted octanol–water partition coefficient (Wildman–Crippen LogP) is 6.61. The Hall–Kier alpha value is -0.396. The van der Waals surface area contributed by atoms with E-state index in [1.54, 1.807) is 37.0 Å². The van der Waals surface area contributed by atoms with E-state index < -0.39 is 0 Å². The van der Waals surface area contributed by atoms with Crippen LogP contribution < -0.4 is 0 Å². The zero-order valence-electron chi connectivity index (χ0n) is 15.3. The number of hydrogen-bond donors (Lipinski definition) is 0. The number of rotatable bonds is 8. The molecule has 4 nitrogen and oxygen atoms in total. The number of nitrogens with zero attached hydrogens (tertiary/aromatic N) is 1. The van der Waals surface area contributed by atoms with E-state index in [0.29, 0.717) is 23.1 Å². The number of carbonyl (C=O) groups excluding carboxylic acids is 1. The summed E-state index contributed by atoms with van der Waals surface area (Å²) in [6.45, 7) is 9.16. The summed E-state index contributed by atoms with van der Waals surface area (Å²) in [7, 11) is 1.74. The van der Waals surface area contributed by atoms with Gasteiger partial charge in [-0.25, -0.2) is 0 Å². The van der Waals surface area contributed by atoms with E-state index in [9.17, 15) is 4.79 Å². The summed E-state index contributed by atoms with van der Waals surface area (Å²) in [6.07, 6.45) is 5.59. The standard InChI is InChI=1S/C10H11ClNO2S.C8H12NS.Y/c1-7(13)14-4-5-15-8-2-3-9(11)10(12)6-8;1-5-8(9-3)6-7(2)10-4;/h2-3,6,12H,4-5H2,1H3;5-6H,1-2H2,3-4H3;/q2*-1;/b;8-6+;. The number of allylic oxidation sites excluding steroid dienone is 2. The topological polar surface area (TPSA) is 64.2 Å². The van der Waals surface area contributed by atoms with Crippen molar-refractivity contribution in [3.8, 4) is 0 Å². The van der Waals surface area contributed by atoms with Gasteiger partial charge in [-0.15, -0.1) is 48.5 Å². The Morgan fingerprint density at radius 3 is 2.58 bits per heavy atom. The van der Waals surface area contributed by atoms with Crippen LogP contribution in [-0.2, 0) is 42.2 Å². The van der Waals surface area contributed by atoms with Crippen LogP contribution in [0.4, 0.5) is 5.69 Å². The SMILES string of the molecule is C=C/C(=C\C(=C)SC)[N-]C.CC(=O)OCCSc1ccc(Cl)c([NH-])c1.[Y]. The van der Waals surface area contributed by atoms with Gasteiger partial charge in [0.2, 0.25) is 0 Å². The summed E-state index contributed by atoms with van der Waals surface area (Å²) in [5, 5.41) is 4.41. The van der Waals surface area contributed by atoms with E-state index >= 15 is 0 Å². The zero-order valence-corrected chi connectivity index (χ0v) is 20.5. The van der Waals surface area contributed by atoms with Crippen LogP contribution in [0.2, 0.25) is 5.02 Å². The van der Waals surface area contributed by atoms with Crippen LogP contribution in [0.15, 0.2) is 59.0 Å². The number of esters is 1. The number of thioether (sulfide) groups is 2. The molecule has 141 valence electrons. The first kappa shape index (κ1) is 27.8. The van der Waals surface area contributed by atoms with Gasteiger partial charge in [0.1, 0.15) is 6.61 Å². The Bertz CT molecular complexity index is 625. The van der Waals surface area contributed by atoms with Crippen LogP contribution in [-0.4, -0.2) is 31.6 Å². The molecule has 0 amide bonds. The molecule has 26 heavy (non-hydrogen) atoms. The molecule has 1 rings (SSSR count). The minimum atomic E-state index is -0.270. The Labute approximate surface area is 195 Å². The fraction of sp³-hybridized carbons (Fsp3) is 0.278. The predicted molar refractivity (Wildman–Crippen MR) is 113 cm³/mol. The van der Waals surface area contributed by atoms with Crippen molar-refractivity contribution in [3.05, 3.63) is 70.2 Å². The molecule has 8 heteroatoms. The summed E-state index contributed by atoms with van der Waals surface area (Å²) in [5.41, 5.74) is 8.67. The molecule has 0 aliphatic rings. The third-order valence-corrected chi connectivity index (χ3v) is 4.56. The van der Waals surface area contributed by atoms with Crippen LogP contribution in [0.1, 0.15) is 6.92 Å². The number of halogens is 1. The van der Waals surface area contributed by atoms with E-state index in [-0.39, 0.29) is 38.7 Å². The van der Waals surface area contributed by atoms with E-state index in [0.717, 1.165) is 15.5 Å². The van der Waals surface area contributed by atoms with E-state index in [2.05, 4.69) is 18.5 Å². The molecule has 1 aromatic rings. The molecule has 0 fully saturated rings. The Kier molecular flexibility index (Phi) is 17.9. The average Bonchev–Trinajstić information content (AvgIpc) is 2.59. The maximum absolute atomic E-state index is 10.5. The molecule has 0 aliphatic carbocycles. The molecule has 1 aromatic carbocycles. The van der Waals surface area contributed by atoms with Crippen molar-refractivity contribution in [2.75, 3.05) is 25.7 Å². The summed E-state index contributed by atoms with van der Waals surface area (Å²) in [6, 6.07) is 5.23. The van der Waals surface area contributed by atoms with Gasteiger partial charge in [0, 0.05) is 55.3 Å². The number of hydrogen-bond acceptors (Lipinski definition) is 4. The van der Waals surface area contributed by atoms with Crippen LogP contribution in [0.25, 0.3) is 11.1 Å². The summed E-state index contributed by atoms with van der Waals surface area (Å²) < 4.78 is 4.78. The minimum Gasteiger partial charge on any atom is -0.697 e. The molecule has 0 saturated carbocycles. The van der Waals surface area contributed by atoms with Crippen molar-refractivity contribution in [3.63, 3.8) is 0 Å². The van der Waals surface area contributed by atoms with Gasteiger partial charge in [0.05, 0.1) is 0 Å². The van der Waals surface area contributed by atoms with Gasteiger partial charge in [0.25, 0.3) is 0 Å². The molecule has 0 saturated heterocycles. The molecule has 1 N–H and O–H groups in total. The van der Waals surface area contributed by atoms with Crippen molar-refractivity contribution < 1.29 is 42.2 Å². The first-order chi connectivity index (χ1) is 11.8. The number of likely N-dealkylation sites (N-methyl/N-ethyl adjacent to an activating group) is 1. The molecule has 0 aliphatic heterocycles. The fourth-order valence-electron chi connectivity index (χ4n) is 1.38. The largest absolute Gasteiger partial charge is 0.697 e. The van der Waals surface area contributed by atoms with Crippen molar-refractivity contribution in [1.29, 1.82) is 0 Å². The first-order valence-corrected chi connectivity index (χ1v) is 9.87. The van der Waals surface area contributed by atoms with Gasteiger partial charge in [0.15, 0.2) is 0 Å². The van der Waals surface area contributed by atoms with Crippen LogP contribution in [0, 0.1) is 0 Å². The molecular formula is C18H23ClN2O2S2Y-2. The van der Waals surface area contributed by atoms with Crippen LogP contribution in [0.5, 0.6) is 0 Å². The smallest absolute Gasteiger partial charge is 0.302 e. The molecule has 0 aromatic heterocycles. The quantitative estimate of drug-likeness (QED) is 0.179. The molecule has 0 unspecified atom stereocenters. The van der Waals surface area contributed by atoms with Crippen LogP contribution >= 0.6 is 35.1 Å². The Balaban J connectivity index is 0. The van der Waals surface area contributed by atoms with Gasteiger partial charge >= 0.3 is 5.97 Å². The maximum atomic E-state index is 10.5. The average molecular weight is 488 g/mol. The third kappa shape index (κ3) is 13.8. The maximum Gasteiger partial charge on any atom is 0.302 e. The zero-order chi connectivity index (χ0) is 19.2. The van der Waals surface area contributed by atoms with Gasteiger partial charge in [-0.2, -0.15) is 0 Å². The second kappa shape index (κ2) is 16.8. The van der Waals surface area contributed by atoms with Crippen molar-refractivity contribution >= 4 is 46.8 Å². The van der Waals surface area contributed by atoms with E-state index in [1.807, 2.05) is 18.4 Å². The molecule has 0 spiro atoms. The molecular weight excluding hydrogens is 465 g/mol. The molecule has 0 atom stereocenters. The number of carbonyl (C=O) groups is 1. The fourth-order valence-corrected chi connectivity index (χ4v) is 2.50. The van der Waals surface area contributed by atoms with Gasteiger partial charge in [-0.3, -0.25) is 4.79 Å². The van der Waals surface area contributed by atoms with Gasteiger partial charge < -0.3 is 15.8 Å². The molecule has 0 heterocycles. The van der Waals surface area contributed by atoms with Crippen molar-refractivity contribution in [2.24, 2.45) is 0 Å². The third-order valence-electron chi connectivity index (χ3n) is 2.63. The number of ether oxygens (including phenoxy) is 1. The molecule has 0 bridgehead atoms. The monoisotopic (exact) mass is 487 g/mol. The second-order valence-corrected chi connectivity index (χ2v) is 7.01. The van der Waals surface area contributed by atoms with Crippen molar-refractivity contribution in [2.45, 2.75) is 11.8 Å². The van der Waals surface area contributed by atoms with Crippen LogP contribution in [0.3, 0.4) is 0 Å². The Morgan fingerprint density at radius 2 is 2.12 bits per heavy atom. The minimum absolute atomic E-state index is 0. The first-order valence-electron chi connectivity index (χ1n) is 7.28. The van der Waals surface area contributed by atoms with Gasteiger partial charge in [-0.05, 0) is 23.3 Å². The number of nitrogens with one attached hydrogen (secondary N) is 1. The summed E-state index contributed by atoms with van der Waals surface area (Å²) in [5.74, 6) is 0.411. The normalized spacial score (nSPS) is 9.92. The summed E-state index contributed by atoms with van der Waals surface area (Å²) >= 11 is 8.85. The number of benzene rings is 1. The molecule has 1 radical (unpaired) electrons. The summed E-state index contributed by atoms with van der Waals surface area (Å²) in [4.78, 5) is 12.4.